The fourth-order valence-electron chi connectivity index (χ4n) is 3.87. The number of carbonyl (C=O) groups excluding carboxylic acids is 2. The number of hydrogen-bond acceptors (Lipinski definition) is 5. The van der Waals surface area contributed by atoms with Gasteiger partial charge in [-0.3, -0.25) is 9.78 Å². The van der Waals surface area contributed by atoms with Gasteiger partial charge in [0.15, 0.2) is 0 Å². The molecule has 0 saturated heterocycles. The van der Waals surface area contributed by atoms with E-state index in [4.69, 9.17) is 9.47 Å². The molecule has 1 fully saturated rings. The maximum absolute atomic E-state index is 13.3. The quantitative estimate of drug-likeness (QED) is 0.487. The molecule has 0 aliphatic heterocycles. The van der Waals surface area contributed by atoms with Crippen LogP contribution in [0.4, 0.5) is 13.2 Å². The fourth-order valence-corrected chi connectivity index (χ4v) is 3.87. The molecule has 178 valence electrons. The summed E-state index contributed by atoms with van der Waals surface area (Å²) in [5, 5.41) is 4.31. The summed E-state index contributed by atoms with van der Waals surface area (Å²) in [5.41, 5.74) is -1.43. The Morgan fingerprint density at radius 2 is 1.85 bits per heavy atom. The summed E-state index contributed by atoms with van der Waals surface area (Å²) in [5.74, 6) is -0.679. The maximum atomic E-state index is 13.3. The molecule has 3 aromatic rings. The molecule has 4 rings (SSSR count). The van der Waals surface area contributed by atoms with Gasteiger partial charge in [0.1, 0.15) is 23.6 Å². The number of ether oxygens (including phenoxy) is 2. The molecule has 1 amide bonds. The summed E-state index contributed by atoms with van der Waals surface area (Å²) in [6.45, 7) is 1.82. The van der Waals surface area contributed by atoms with Crippen molar-refractivity contribution in [1.29, 1.82) is 0 Å². The number of halogens is 3. The lowest BCUT2D eigenvalue weighted by atomic mass is 9.76. The van der Waals surface area contributed by atoms with Crippen molar-refractivity contribution in [2.24, 2.45) is 0 Å². The molecule has 0 spiro atoms. The van der Waals surface area contributed by atoms with E-state index in [1.54, 1.807) is 31.2 Å². The number of aromatic nitrogens is 1. The summed E-state index contributed by atoms with van der Waals surface area (Å²) in [7, 11) is 0. The van der Waals surface area contributed by atoms with E-state index in [1.807, 2.05) is 12.1 Å². The van der Waals surface area contributed by atoms with Gasteiger partial charge in [-0.15, -0.1) is 0 Å². The topological polar surface area (TPSA) is 77.5 Å². The molecule has 0 bridgehead atoms. The first-order chi connectivity index (χ1) is 16.2. The van der Waals surface area contributed by atoms with Crippen LogP contribution in [0.2, 0.25) is 0 Å². The highest BCUT2D eigenvalue weighted by molar-refractivity contribution is 6.05. The monoisotopic (exact) mass is 472 g/mol. The van der Waals surface area contributed by atoms with Crippen LogP contribution in [0, 0.1) is 0 Å². The Balaban J connectivity index is 1.62. The van der Waals surface area contributed by atoms with Gasteiger partial charge in [0, 0.05) is 17.1 Å². The van der Waals surface area contributed by atoms with Crippen LogP contribution in [0.5, 0.6) is 5.75 Å². The smallest absolute Gasteiger partial charge is 0.433 e. The fraction of sp³-hybridized carbons (Fsp3) is 0.320. The normalized spacial score (nSPS) is 14.8. The number of pyridine rings is 1. The van der Waals surface area contributed by atoms with Crippen molar-refractivity contribution >= 4 is 22.6 Å². The molecule has 1 N–H and O–H groups in total. The first-order valence-corrected chi connectivity index (χ1v) is 10.9. The predicted octanol–water partition coefficient (Wildman–Crippen LogP) is 5.05. The second kappa shape index (κ2) is 9.32. The first kappa shape index (κ1) is 23.5. The molecular formula is C25H23F3N2O4. The van der Waals surface area contributed by atoms with E-state index in [2.05, 4.69) is 10.3 Å². The van der Waals surface area contributed by atoms with Crippen LogP contribution in [-0.2, 0) is 22.3 Å². The second-order valence-corrected chi connectivity index (χ2v) is 8.11. The number of benzene rings is 2. The summed E-state index contributed by atoms with van der Waals surface area (Å²) >= 11 is 0. The van der Waals surface area contributed by atoms with E-state index in [9.17, 15) is 22.8 Å². The first-order valence-electron chi connectivity index (χ1n) is 10.9. The van der Waals surface area contributed by atoms with Crippen molar-refractivity contribution in [1.82, 2.24) is 10.3 Å². The average Bonchev–Trinajstić information content (AvgIpc) is 2.79. The Bertz CT molecular complexity index is 1210. The molecule has 1 aromatic heterocycles. The zero-order chi connectivity index (χ0) is 24.3. The number of amides is 1. The molecule has 9 heteroatoms. The summed E-state index contributed by atoms with van der Waals surface area (Å²) in [6.07, 6.45) is -1.67. The third-order valence-electron chi connectivity index (χ3n) is 5.85. The SMILES string of the molecule is CCOC(=O)C1(NC(=O)c2ccc3ccccc3c2OCc2ccc(C(F)(F)F)nc2)CCC1. The van der Waals surface area contributed by atoms with E-state index in [1.165, 1.54) is 6.07 Å². The van der Waals surface area contributed by atoms with Crippen LogP contribution in [-0.4, -0.2) is 29.0 Å². The molecule has 1 heterocycles. The summed E-state index contributed by atoms with van der Waals surface area (Å²) in [6, 6.07) is 12.8. The van der Waals surface area contributed by atoms with Crippen LogP contribution in [0.15, 0.2) is 54.7 Å². The van der Waals surface area contributed by atoms with Crippen LogP contribution in [0.1, 0.15) is 47.8 Å². The number of carbonyl (C=O) groups is 2. The minimum Gasteiger partial charge on any atom is -0.487 e. The average molecular weight is 472 g/mol. The Morgan fingerprint density at radius 1 is 1.09 bits per heavy atom. The van der Waals surface area contributed by atoms with Gasteiger partial charge in [-0.2, -0.15) is 13.2 Å². The van der Waals surface area contributed by atoms with Gasteiger partial charge >= 0.3 is 12.1 Å². The number of alkyl halides is 3. The molecule has 0 atom stereocenters. The molecule has 1 saturated carbocycles. The van der Waals surface area contributed by atoms with Crippen molar-refractivity contribution in [2.45, 2.75) is 44.5 Å². The van der Waals surface area contributed by atoms with Crippen molar-refractivity contribution in [3.05, 3.63) is 71.5 Å². The zero-order valence-electron chi connectivity index (χ0n) is 18.4. The second-order valence-electron chi connectivity index (χ2n) is 8.11. The minimum absolute atomic E-state index is 0.0948. The van der Waals surface area contributed by atoms with E-state index < -0.39 is 29.3 Å². The van der Waals surface area contributed by atoms with Crippen LogP contribution in [0.25, 0.3) is 10.8 Å². The van der Waals surface area contributed by atoms with Crippen molar-refractivity contribution < 1.29 is 32.2 Å². The van der Waals surface area contributed by atoms with E-state index in [0.717, 1.165) is 24.1 Å². The lowest BCUT2D eigenvalue weighted by molar-refractivity contribution is -0.154. The van der Waals surface area contributed by atoms with E-state index in [-0.39, 0.29) is 24.5 Å². The largest absolute Gasteiger partial charge is 0.487 e. The zero-order valence-corrected chi connectivity index (χ0v) is 18.4. The van der Waals surface area contributed by atoms with Gasteiger partial charge in [0.05, 0.1) is 12.2 Å². The Hall–Kier alpha value is -3.62. The third kappa shape index (κ3) is 4.69. The Kier molecular flexibility index (Phi) is 6.45. The van der Waals surface area contributed by atoms with Crippen molar-refractivity contribution in [2.75, 3.05) is 6.61 Å². The minimum atomic E-state index is -4.53. The standard InChI is InChI=1S/C25H23F3N2O4/c1-2-33-23(32)24(12-5-13-24)30-22(31)19-10-9-17-6-3-4-7-18(17)21(19)34-15-16-8-11-20(29-14-16)25(26,27)28/h3-4,6-11,14H,2,5,12-13,15H2,1H3,(H,30,31). The van der Waals surface area contributed by atoms with Crippen LogP contribution < -0.4 is 10.1 Å². The van der Waals surface area contributed by atoms with Crippen LogP contribution in [0.3, 0.4) is 0 Å². The molecule has 0 radical (unpaired) electrons. The number of fused-ring (bicyclic) bond motifs is 1. The molecule has 2 aromatic carbocycles. The van der Waals surface area contributed by atoms with E-state index in [0.29, 0.717) is 23.8 Å². The van der Waals surface area contributed by atoms with E-state index >= 15 is 0 Å². The molecule has 34 heavy (non-hydrogen) atoms. The lowest BCUT2D eigenvalue weighted by Crippen LogP contribution is -2.59. The van der Waals surface area contributed by atoms with Gasteiger partial charge < -0.3 is 14.8 Å². The van der Waals surface area contributed by atoms with Crippen molar-refractivity contribution in [3.8, 4) is 5.75 Å². The number of hydrogen-bond donors (Lipinski definition) is 1. The lowest BCUT2D eigenvalue weighted by Gasteiger charge is -2.39. The van der Waals surface area contributed by atoms with Gasteiger partial charge in [-0.25, -0.2) is 4.79 Å². The van der Waals surface area contributed by atoms with Crippen molar-refractivity contribution in [3.63, 3.8) is 0 Å². The molecular weight excluding hydrogens is 449 g/mol. The molecule has 0 unspecified atom stereocenters. The highest BCUT2D eigenvalue weighted by Crippen LogP contribution is 2.36. The number of nitrogens with one attached hydrogen (secondary N) is 1. The van der Waals surface area contributed by atoms with Gasteiger partial charge in [0.25, 0.3) is 5.91 Å². The number of esters is 1. The van der Waals surface area contributed by atoms with Gasteiger partial charge in [0.2, 0.25) is 0 Å². The molecule has 1 aliphatic carbocycles. The third-order valence-corrected chi connectivity index (χ3v) is 5.85. The number of rotatable bonds is 7. The predicted molar refractivity (Wildman–Crippen MR) is 118 cm³/mol. The molecule has 6 nitrogen and oxygen atoms in total. The highest BCUT2D eigenvalue weighted by Gasteiger charge is 2.47. The highest BCUT2D eigenvalue weighted by atomic mass is 19.4. The van der Waals surface area contributed by atoms with Crippen LogP contribution >= 0.6 is 0 Å². The van der Waals surface area contributed by atoms with Gasteiger partial charge in [-0.05, 0) is 43.7 Å². The Labute approximate surface area is 194 Å². The van der Waals surface area contributed by atoms with Gasteiger partial charge in [-0.1, -0.05) is 36.4 Å². The summed E-state index contributed by atoms with van der Waals surface area (Å²) in [4.78, 5) is 29.2. The molecule has 1 aliphatic rings. The number of nitrogens with zero attached hydrogens (tertiary/aromatic N) is 1. The Morgan fingerprint density at radius 3 is 2.47 bits per heavy atom. The summed E-state index contributed by atoms with van der Waals surface area (Å²) < 4.78 is 49.5. The maximum Gasteiger partial charge on any atom is 0.433 e.